The smallest absolute Gasteiger partial charge is 0.259 e. The van der Waals surface area contributed by atoms with E-state index in [1.54, 1.807) is 26.4 Å². The van der Waals surface area contributed by atoms with Crippen LogP contribution in [0.15, 0.2) is 42.5 Å². The van der Waals surface area contributed by atoms with E-state index in [1.165, 1.54) is 16.2 Å². The van der Waals surface area contributed by atoms with Crippen LogP contribution in [-0.2, 0) is 24.1 Å². The molecule has 0 aliphatic heterocycles. The summed E-state index contributed by atoms with van der Waals surface area (Å²) in [6.07, 6.45) is 2.84. The number of ether oxygens (including phenoxy) is 3. The van der Waals surface area contributed by atoms with Gasteiger partial charge in [0.25, 0.3) is 5.91 Å². The van der Waals surface area contributed by atoms with E-state index in [1.807, 2.05) is 37.3 Å². The lowest BCUT2D eigenvalue weighted by Gasteiger charge is -2.33. The maximum Gasteiger partial charge on any atom is 0.259 e. The standard InChI is InChI=1S/C31H38N2O5S/c1-7-38-23-11-9-8-10-22(23)32-29(35)28-21-14-13-20(31(2,3)4)18-26(21)39-30(28)33-27(34)17-19-12-15-24(36-5)25(16-19)37-6/h8-12,15-16,20H,7,13-14,17-18H2,1-6H3,(H,32,35)(H,33,34). The van der Waals surface area contributed by atoms with Gasteiger partial charge in [-0.05, 0) is 72.9 Å². The van der Waals surface area contributed by atoms with E-state index in [-0.39, 0.29) is 23.7 Å². The summed E-state index contributed by atoms with van der Waals surface area (Å²) in [5.74, 6) is 1.85. The number of nitrogens with one attached hydrogen (secondary N) is 2. The lowest BCUT2D eigenvalue weighted by molar-refractivity contribution is -0.115. The number of rotatable bonds is 9. The molecule has 208 valence electrons. The van der Waals surface area contributed by atoms with Crippen LogP contribution in [-0.4, -0.2) is 32.6 Å². The largest absolute Gasteiger partial charge is 0.493 e. The Morgan fingerprint density at radius 3 is 2.44 bits per heavy atom. The summed E-state index contributed by atoms with van der Waals surface area (Å²) in [7, 11) is 3.14. The summed E-state index contributed by atoms with van der Waals surface area (Å²) in [6.45, 7) is 9.19. The van der Waals surface area contributed by atoms with Crippen molar-refractivity contribution in [2.45, 2.75) is 53.4 Å². The highest BCUT2D eigenvalue weighted by Crippen LogP contribution is 2.44. The molecule has 1 aromatic heterocycles. The second-order valence-electron chi connectivity index (χ2n) is 10.8. The number of hydrogen-bond donors (Lipinski definition) is 2. The van der Waals surface area contributed by atoms with Crippen molar-refractivity contribution >= 4 is 33.8 Å². The Kier molecular flexibility index (Phi) is 8.85. The molecule has 0 fully saturated rings. The molecular formula is C31H38N2O5S. The first-order valence-electron chi connectivity index (χ1n) is 13.3. The lowest BCUT2D eigenvalue weighted by Crippen LogP contribution is -2.27. The van der Waals surface area contributed by atoms with Gasteiger partial charge in [-0.1, -0.05) is 39.0 Å². The molecule has 2 amide bonds. The zero-order valence-electron chi connectivity index (χ0n) is 23.6. The minimum Gasteiger partial charge on any atom is -0.493 e. The quantitative estimate of drug-likeness (QED) is 0.308. The number of thiophene rings is 1. The van der Waals surface area contributed by atoms with Gasteiger partial charge in [0.15, 0.2) is 11.5 Å². The molecule has 3 aromatic rings. The van der Waals surface area contributed by atoms with Crippen molar-refractivity contribution in [3.8, 4) is 17.2 Å². The van der Waals surface area contributed by atoms with Gasteiger partial charge in [-0.3, -0.25) is 9.59 Å². The summed E-state index contributed by atoms with van der Waals surface area (Å²) in [4.78, 5) is 28.1. The molecule has 39 heavy (non-hydrogen) atoms. The van der Waals surface area contributed by atoms with Crippen LogP contribution in [0.2, 0.25) is 0 Å². The molecular weight excluding hydrogens is 512 g/mol. The van der Waals surface area contributed by atoms with Crippen molar-refractivity contribution in [1.82, 2.24) is 0 Å². The fourth-order valence-corrected chi connectivity index (χ4v) is 6.38. The van der Waals surface area contributed by atoms with Gasteiger partial charge >= 0.3 is 0 Å². The predicted molar refractivity (Wildman–Crippen MR) is 157 cm³/mol. The number of benzene rings is 2. The minimum atomic E-state index is -0.240. The first kappa shape index (κ1) is 28.5. The Bertz CT molecular complexity index is 1340. The highest BCUT2D eigenvalue weighted by Gasteiger charge is 2.34. The Morgan fingerprint density at radius 1 is 1.00 bits per heavy atom. The summed E-state index contributed by atoms with van der Waals surface area (Å²) in [5.41, 5.74) is 3.14. The number of para-hydroxylation sites is 2. The van der Waals surface area contributed by atoms with Crippen molar-refractivity contribution in [3.63, 3.8) is 0 Å². The molecule has 1 heterocycles. The second-order valence-corrected chi connectivity index (χ2v) is 11.9. The summed E-state index contributed by atoms with van der Waals surface area (Å²) in [6, 6.07) is 12.8. The van der Waals surface area contributed by atoms with Crippen LogP contribution in [0, 0.1) is 11.3 Å². The van der Waals surface area contributed by atoms with Gasteiger partial charge in [0.1, 0.15) is 10.8 Å². The molecule has 0 bridgehead atoms. The van der Waals surface area contributed by atoms with Crippen molar-refractivity contribution in [2.75, 3.05) is 31.5 Å². The zero-order chi connectivity index (χ0) is 28.2. The van der Waals surface area contributed by atoms with Crippen molar-refractivity contribution in [1.29, 1.82) is 0 Å². The minimum absolute atomic E-state index is 0.141. The average molecular weight is 551 g/mol. The molecule has 0 saturated carbocycles. The third-order valence-electron chi connectivity index (χ3n) is 7.22. The lowest BCUT2D eigenvalue weighted by atomic mass is 9.72. The number of methoxy groups -OCH3 is 2. The van der Waals surface area contributed by atoms with E-state index in [2.05, 4.69) is 31.4 Å². The molecule has 1 unspecified atom stereocenters. The fourth-order valence-electron chi connectivity index (χ4n) is 5.04. The molecule has 1 aliphatic rings. The second kappa shape index (κ2) is 12.1. The van der Waals surface area contributed by atoms with Gasteiger partial charge in [0.2, 0.25) is 5.91 Å². The molecule has 0 spiro atoms. The molecule has 1 aliphatic carbocycles. The van der Waals surface area contributed by atoms with Gasteiger partial charge in [-0.25, -0.2) is 0 Å². The molecule has 8 heteroatoms. The Hall–Kier alpha value is -3.52. The van der Waals surface area contributed by atoms with Crippen LogP contribution in [0.25, 0.3) is 0 Å². The molecule has 0 saturated heterocycles. The first-order valence-corrected chi connectivity index (χ1v) is 14.1. The van der Waals surface area contributed by atoms with Gasteiger partial charge < -0.3 is 24.8 Å². The summed E-state index contributed by atoms with van der Waals surface area (Å²) in [5, 5.41) is 6.69. The molecule has 0 radical (unpaired) electrons. The van der Waals surface area contributed by atoms with Crippen LogP contribution in [0.5, 0.6) is 17.2 Å². The topological polar surface area (TPSA) is 85.9 Å². The predicted octanol–water partition coefficient (Wildman–Crippen LogP) is 6.75. The van der Waals surface area contributed by atoms with Gasteiger partial charge in [0, 0.05) is 4.88 Å². The molecule has 2 N–H and O–H groups in total. The summed E-state index contributed by atoms with van der Waals surface area (Å²) >= 11 is 1.52. The van der Waals surface area contributed by atoms with E-state index < -0.39 is 0 Å². The Labute approximate surface area is 234 Å². The van der Waals surface area contributed by atoms with E-state index in [0.717, 1.165) is 30.4 Å². The van der Waals surface area contributed by atoms with Gasteiger partial charge in [-0.2, -0.15) is 0 Å². The van der Waals surface area contributed by atoms with Crippen LogP contribution in [0.3, 0.4) is 0 Å². The van der Waals surface area contributed by atoms with Crippen molar-refractivity contribution in [2.24, 2.45) is 11.3 Å². The Morgan fingerprint density at radius 2 is 1.74 bits per heavy atom. The van der Waals surface area contributed by atoms with E-state index in [0.29, 0.717) is 46.0 Å². The van der Waals surface area contributed by atoms with Crippen molar-refractivity contribution in [3.05, 3.63) is 64.0 Å². The third-order valence-corrected chi connectivity index (χ3v) is 8.39. The van der Waals surface area contributed by atoms with Crippen LogP contribution >= 0.6 is 11.3 Å². The molecule has 2 aromatic carbocycles. The number of fused-ring (bicyclic) bond motifs is 1. The first-order chi connectivity index (χ1) is 18.6. The summed E-state index contributed by atoms with van der Waals surface area (Å²) < 4.78 is 16.4. The average Bonchev–Trinajstić information content (AvgIpc) is 3.26. The zero-order valence-corrected chi connectivity index (χ0v) is 24.4. The van der Waals surface area contributed by atoms with Gasteiger partial charge in [-0.15, -0.1) is 11.3 Å². The number of anilines is 2. The normalized spacial score (nSPS) is 14.8. The maximum atomic E-state index is 13.8. The van der Waals surface area contributed by atoms with Crippen LogP contribution in [0.1, 0.15) is 60.5 Å². The molecule has 1 atom stereocenters. The molecule has 7 nitrogen and oxygen atoms in total. The van der Waals surface area contributed by atoms with E-state index in [4.69, 9.17) is 14.2 Å². The number of carbonyl (C=O) groups excluding carboxylic acids is 2. The molecule has 4 rings (SSSR count). The third kappa shape index (κ3) is 6.56. The van der Waals surface area contributed by atoms with E-state index in [9.17, 15) is 9.59 Å². The highest BCUT2D eigenvalue weighted by molar-refractivity contribution is 7.17. The number of carbonyl (C=O) groups is 2. The number of hydrogen-bond acceptors (Lipinski definition) is 6. The van der Waals surface area contributed by atoms with Crippen LogP contribution < -0.4 is 24.8 Å². The Balaban J connectivity index is 1.63. The number of amides is 2. The van der Waals surface area contributed by atoms with Crippen LogP contribution in [0.4, 0.5) is 10.7 Å². The monoisotopic (exact) mass is 550 g/mol. The maximum absolute atomic E-state index is 13.8. The van der Waals surface area contributed by atoms with Crippen molar-refractivity contribution < 1.29 is 23.8 Å². The SMILES string of the molecule is CCOc1ccccc1NC(=O)c1c(NC(=O)Cc2ccc(OC)c(OC)c2)sc2c1CCC(C(C)(C)C)C2. The highest BCUT2D eigenvalue weighted by atomic mass is 32.1. The van der Waals surface area contributed by atoms with E-state index >= 15 is 0 Å². The fraction of sp³-hybridized carbons (Fsp3) is 0.419. The van der Waals surface area contributed by atoms with Gasteiger partial charge in [0.05, 0.1) is 38.5 Å².